The molecular weight excluding hydrogens is 307 g/mol. The van der Waals surface area contributed by atoms with E-state index in [1.165, 1.54) is 6.07 Å². The van der Waals surface area contributed by atoms with Gasteiger partial charge in [-0.1, -0.05) is 30.1 Å². The van der Waals surface area contributed by atoms with E-state index in [-0.39, 0.29) is 21.5 Å². The molecule has 1 rings (SSSR count). The van der Waals surface area contributed by atoms with Crippen LogP contribution in [0.5, 0.6) is 0 Å². The van der Waals surface area contributed by atoms with Crippen LogP contribution < -0.4 is 5.32 Å². The van der Waals surface area contributed by atoms with E-state index in [1.54, 1.807) is 7.11 Å². The number of amides is 1. The van der Waals surface area contributed by atoms with E-state index >= 15 is 0 Å². The molecule has 0 aliphatic rings. The molecule has 0 spiro atoms. The molecule has 0 aromatic heterocycles. The third-order valence-electron chi connectivity index (χ3n) is 2.53. The number of halogens is 2. The summed E-state index contributed by atoms with van der Waals surface area (Å²) >= 11 is 11.5. The molecule has 1 N–H and O–H groups in total. The normalized spacial score (nSPS) is 12.0. The number of methoxy groups -OCH3 is 1. The zero-order valence-corrected chi connectivity index (χ0v) is 12.5. The fraction of sp³-hybridized carbons (Fsp3) is 0.417. The monoisotopic (exact) mass is 320 g/mol. The van der Waals surface area contributed by atoms with Gasteiger partial charge in [0.1, 0.15) is 5.02 Å². The predicted molar refractivity (Wildman–Crippen MR) is 76.5 cm³/mol. The first-order valence-electron chi connectivity index (χ1n) is 5.77. The first-order chi connectivity index (χ1) is 9.36. The van der Waals surface area contributed by atoms with Crippen molar-refractivity contribution in [3.63, 3.8) is 0 Å². The molecule has 1 aromatic carbocycles. The van der Waals surface area contributed by atoms with Gasteiger partial charge in [-0.15, -0.1) is 0 Å². The highest BCUT2D eigenvalue weighted by molar-refractivity contribution is 6.43. The lowest BCUT2D eigenvalue weighted by Gasteiger charge is -2.11. The Morgan fingerprint density at radius 2 is 2.15 bits per heavy atom. The molecule has 8 heteroatoms. The molecule has 20 heavy (non-hydrogen) atoms. The van der Waals surface area contributed by atoms with Gasteiger partial charge in [0.05, 0.1) is 16.6 Å². The first-order valence-corrected chi connectivity index (χ1v) is 6.53. The molecule has 0 aliphatic carbocycles. The van der Waals surface area contributed by atoms with Gasteiger partial charge in [0.25, 0.3) is 11.6 Å². The van der Waals surface area contributed by atoms with Crippen molar-refractivity contribution in [1.29, 1.82) is 0 Å². The lowest BCUT2D eigenvalue weighted by Crippen LogP contribution is -2.29. The van der Waals surface area contributed by atoms with Crippen LogP contribution in [0.15, 0.2) is 12.1 Å². The summed E-state index contributed by atoms with van der Waals surface area (Å²) in [5.41, 5.74) is -0.301. The Labute approximate surface area is 126 Å². The lowest BCUT2D eigenvalue weighted by molar-refractivity contribution is -0.384. The third-order valence-corrected chi connectivity index (χ3v) is 3.32. The number of nitrogens with one attached hydrogen (secondary N) is 1. The van der Waals surface area contributed by atoms with Crippen LogP contribution in [0.2, 0.25) is 10.0 Å². The first kappa shape index (κ1) is 16.7. The fourth-order valence-electron chi connectivity index (χ4n) is 1.55. The van der Waals surface area contributed by atoms with Crippen molar-refractivity contribution in [2.45, 2.75) is 6.92 Å². The van der Waals surface area contributed by atoms with Gasteiger partial charge in [0.15, 0.2) is 0 Å². The number of rotatable bonds is 6. The molecule has 0 radical (unpaired) electrons. The second-order valence-corrected chi connectivity index (χ2v) is 5.10. The minimum absolute atomic E-state index is 0.0315. The zero-order valence-electron chi connectivity index (χ0n) is 11.0. The van der Waals surface area contributed by atoms with Gasteiger partial charge in [-0.05, 0) is 12.0 Å². The number of nitrogens with zero attached hydrogens (tertiary/aromatic N) is 1. The molecule has 0 aliphatic heterocycles. The molecule has 1 unspecified atom stereocenters. The number of hydrogen-bond donors (Lipinski definition) is 1. The Morgan fingerprint density at radius 3 is 2.70 bits per heavy atom. The van der Waals surface area contributed by atoms with E-state index in [2.05, 4.69) is 5.32 Å². The van der Waals surface area contributed by atoms with Crippen LogP contribution in [0.3, 0.4) is 0 Å². The maximum absolute atomic E-state index is 11.9. The fourth-order valence-corrected chi connectivity index (χ4v) is 1.94. The van der Waals surface area contributed by atoms with Gasteiger partial charge < -0.3 is 10.1 Å². The highest BCUT2D eigenvalue weighted by atomic mass is 35.5. The Balaban J connectivity index is 2.86. The Hall–Kier alpha value is -1.37. The van der Waals surface area contributed by atoms with Crippen LogP contribution in [0, 0.1) is 16.0 Å². The second kappa shape index (κ2) is 7.42. The van der Waals surface area contributed by atoms with Gasteiger partial charge in [-0.25, -0.2) is 0 Å². The van der Waals surface area contributed by atoms with Crippen molar-refractivity contribution in [2.75, 3.05) is 20.3 Å². The van der Waals surface area contributed by atoms with Crippen molar-refractivity contribution >= 4 is 34.8 Å². The average Bonchev–Trinajstić information content (AvgIpc) is 2.38. The summed E-state index contributed by atoms with van der Waals surface area (Å²) in [5, 5.41) is 13.3. The zero-order chi connectivity index (χ0) is 15.3. The molecule has 110 valence electrons. The summed E-state index contributed by atoms with van der Waals surface area (Å²) in [6, 6.07) is 2.40. The summed E-state index contributed by atoms with van der Waals surface area (Å²) in [6.07, 6.45) is 0. The highest BCUT2D eigenvalue weighted by Crippen LogP contribution is 2.32. The van der Waals surface area contributed by atoms with E-state index in [0.29, 0.717) is 13.2 Å². The molecular formula is C12H14Cl2N2O4. The summed E-state index contributed by atoms with van der Waals surface area (Å²) in [7, 11) is 1.57. The minimum Gasteiger partial charge on any atom is -0.384 e. The number of nitro benzene ring substituents is 1. The van der Waals surface area contributed by atoms with Crippen LogP contribution in [-0.2, 0) is 4.74 Å². The van der Waals surface area contributed by atoms with Crippen LogP contribution in [0.4, 0.5) is 5.69 Å². The van der Waals surface area contributed by atoms with Crippen LogP contribution in [-0.4, -0.2) is 31.1 Å². The number of carbonyl (C=O) groups excluding carboxylic acids is 1. The standard InChI is InChI=1S/C12H14Cl2N2O4/c1-7(6-20-2)5-15-12(17)8-3-9(13)11(14)10(4-8)16(18)19/h3-4,7H,5-6H2,1-2H3,(H,15,17). The van der Waals surface area contributed by atoms with Gasteiger partial charge in [0.2, 0.25) is 0 Å². The molecule has 0 saturated heterocycles. The quantitative estimate of drug-likeness (QED) is 0.645. The molecule has 0 saturated carbocycles. The predicted octanol–water partition coefficient (Wildman–Crippen LogP) is 2.91. The van der Waals surface area contributed by atoms with Gasteiger partial charge >= 0.3 is 0 Å². The minimum atomic E-state index is -0.682. The maximum atomic E-state index is 11.9. The number of carbonyl (C=O) groups is 1. The van der Waals surface area contributed by atoms with E-state index in [9.17, 15) is 14.9 Å². The van der Waals surface area contributed by atoms with Crippen LogP contribution in [0.25, 0.3) is 0 Å². The second-order valence-electron chi connectivity index (χ2n) is 4.32. The summed E-state index contributed by atoms with van der Waals surface area (Å²) in [6.45, 7) is 2.80. The Kier molecular flexibility index (Phi) is 6.19. The smallest absolute Gasteiger partial charge is 0.290 e. The van der Waals surface area contributed by atoms with Crippen molar-refractivity contribution < 1.29 is 14.5 Å². The largest absolute Gasteiger partial charge is 0.384 e. The number of nitro groups is 1. The highest BCUT2D eigenvalue weighted by Gasteiger charge is 2.20. The van der Waals surface area contributed by atoms with E-state index in [4.69, 9.17) is 27.9 Å². The van der Waals surface area contributed by atoms with Crippen molar-refractivity contribution in [1.82, 2.24) is 5.32 Å². The van der Waals surface area contributed by atoms with Gasteiger partial charge in [-0.2, -0.15) is 0 Å². The summed E-state index contributed by atoms with van der Waals surface area (Å²) in [5.74, 6) is -0.323. The van der Waals surface area contributed by atoms with Crippen molar-refractivity contribution in [3.05, 3.63) is 37.9 Å². The van der Waals surface area contributed by atoms with E-state index < -0.39 is 16.5 Å². The van der Waals surface area contributed by atoms with Gasteiger partial charge in [-0.3, -0.25) is 14.9 Å². The molecule has 1 aromatic rings. The average molecular weight is 321 g/mol. The Bertz CT molecular complexity index is 522. The summed E-state index contributed by atoms with van der Waals surface area (Å²) in [4.78, 5) is 22.0. The third kappa shape index (κ3) is 4.33. The van der Waals surface area contributed by atoms with Crippen molar-refractivity contribution in [2.24, 2.45) is 5.92 Å². The molecule has 6 nitrogen and oxygen atoms in total. The van der Waals surface area contributed by atoms with E-state index in [0.717, 1.165) is 6.07 Å². The maximum Gasteiger partial charge on any atom is 0.290 e. The topological polar surface area (TPSA) is 81.5 Å². The van der Waals surface area contributed by atoms with E-state index in [1.807, 2.05) is 6.92 Å². The summed E-state index contributed by atoms with van der Waals surface area (Å²) < 4.78 is 4.95. The molecule has 0 bridgehead atoms. The van der Waals surface area contributed by atoms with Crippen molar-refractivity contribution in [3.8, 4) is 0 Å². The van der Waals surface area contributed by atoms with Crippen LogP contribution >= 0.6 is 23.2 Å². The number of benzene rings is 1. The molecule has 1 amide bonds. The molecule has 1 atom stereocenters. The van der Waals surface area contributed by atoms with Crippen LogP contribution in [0.1, 0.15) is 17.3 Å². The number of hydrogen-bond acceptors (Lipinski definition) is 4. The SMILES string of the molecule is COCC(C)CNC(=O)c1cc(Cl)c(Cl)c([N+](=O)[O-])c1. The lowest BCUT2D eigenvalue weighted by atomic mass is 10.1. The van der Waals surface area contributed by atoms with Gasteiger partial charge in [0, 0.05) is 25.3 Å². The number of ether oxygens (including phenoxy) is 1. The molecule has 0 heterocycles. The molecule has 0 fully saturated rings. The Morgan fingerprint density at radius 1 is 1.50 bits per heavy atom.